The van der Waals surface area contributed by atoms with Gasteiger partial charge in [0.15, 0.2) is 0 Å². The number of carbonyl (C=O) groups is 2. The molecule has 0 saturated carbocycles. The van der Waals surface area contributed by atoms with Crippen LogP contribution in [0.25, 0.3) is 5.57 Å². The summed E-state index contributed by atoms with van der Waals surface area (Å²) in [5, 5.41) is 0. The molecule has 6 heteroatoms. The molecule has 0 unspecified atom stereocenters. The zero-order valence-electron chi connectivity index (χ0n) is 18.2. The summed E-state index contributed by atoms with van der Waals surface area (Å²) >= 11 is 0. The standard InChI is InChI=1S/C26H24N2O4/c1-4-32-22-16-12-20(13-17-22)28-25(29)23(18-10-14-21(31-3)15-11-18)24(26(28)30)27(2)19-8-6-5-7-9-19/h5-17H,4H2,1-3H3. The van der Waals surface area contributed by atoms with Crippen LogP contribution in [0.4, 0.5) is 11.4 Å². The molecule has 0 saturated heterocycles. The van der Waals surface area contributed by atoms with Gasteiger partial charge in [-0.15, -0.1) is 0 Å². The molecule has 0 N–H and O–H groups in total. The van der Waals surface area contributed by atoms with Crippen molar-refractivity contribution >= 4 is 28.8 Å². The minimum atomic E-state index is -0.378. The first kappa shape index (κ1) is 21.2. The van der Waals surface area contributed by atoms with E-state index in [1.165, 1.54) is 4.90 Å². The summed E-state index contributed by atoms with van der Waals surface area (Å²) in [6.45, 7) is 2.44. The molecular formula is C26H24N2O4. The molecule has 3 aromatic rings. The monoisotopic (exact) mass is 428 g/mol. The van der Waals surface area contributed by atoms with Gasteiger partial charge in [-0.25, -0.2) is 4.90 Å². The lowest BCUT2D eigenvalue weighted by Crippen LogP contribution is -2.34. The molecule has 32 heavy (non-hydrogen) atoms. The lowest BCUT2D eigenvalue weighted by atomic mass is 10.0. The zero-order chi connectivity index (χ0) is 22.7. The second-order valence-corrected chi connectivity index (χ2v) is 7.22. The highest BCUT2D eigenvalue weighted by Crippen LogP contribution is 2.36. The van der Waals surface area contributed by atoms with Gasteiger partial charge in [0, 0.05) is 12.7 Å². The molecule has 2 amide bonds. The maximum absolute atomic E-state index is 13.6. The van der Waals surface area contributed by atoms with Crippen molar-refractivity contribution in [2.45, 2.75) is 6.92 Å². The minimum absolute atomic E-state index is 0.320. The van der Waals surface area contributed by atoms with Gasteiger partial charge in [0.05, 0.1) is 25.0 Å². The first-order valence-corrected chi connectivity index (χ1v) is 10.3. The summed E-state index contributed by atoms with van der Waals surface area (Å²) in [7, 11) is 3.38. The number of methoxy groups -OCH3 is 1. The highest BCUT2D eigenvalue weighted by Gasteiger charge is 2.42. The highest BCUT2D eigenvalue weighted by molar-refractivity contribution is 6.46. The third-order valence-electron chi connectivity index (χ3n) is 5.32. The number of anilines is 2. The molecule has 1 aliphatic heterocycles. The van der Waals surface area contributed by atoms with E-state index < -0.39 is 0 Å². The molecular weight excluding hydrogens is 404 g/mol. The van der Waals surface area contributed by atoms with Gasteiger partial charge < -0.3 is 14.4 Å². The predicted octanol–water partition coefficient (Wildman–Crippen LogP) is 4.51. The molecule has 0 radical (unpaired) electrons. The van der Waals surface area contributed by atoms with Crippen molar-refractivity contribution in [3.8, 4) is 11.5 Å². The van der Waals surface area contributed by atoms with E-state index in [0.29, 0.717) is 40.6 Å². The Bertz CT molecular complexity index is 1150. The highest BCUT2D eigenvalue weighted by atomic mass is 16.5. The van der Waals surface area contributed by atoms with Gasteiger partial charge in [-0.1, -0.05) is 30.3 Å². The lowest BCUT2D eigenvalue weighted by molar-refractivity contribution is -0.120. The number of rotatable bonds is 7. The Kier molecular flexibility index (Phi) is 5.94. The molecule has 4 rings (SSSR count). The number of carbonyl (C=O) groups excluding carboxylic acids is 2. The maximum atomic E-state index is 13.6. The summed E-state index contributed by atoms with van der Waals surface area (Å²) < 4.78 is 10.7. The Morgan fingerprint density at radius 2 is 1.44 bits per heavy atom. The maximum Gasteiger partial charge on any atom is 0.282 e. The van der Waals surface area contributed by atoms with Crippen LogP contribution in [0, 0.1) is 0 Å². The van der Waals surface area contributed by atoms with Crippen molar-refractivity contribution in [2.24, 2.45) is 0 Å². The fraction of sp³-hybridized carbons (Fsp3) is 0.154. The van der Waals surface area contributed by atoms with Crippen LogP contribution in [0.5, 0.6) is 11.5 Å². The number of amides is 2. The molecule has 0 bridgehead atoms. The van der Waals surface area contributed by atoms with E-state index in [9.17, 15) is 9.59 Å². The average Bonchev–Trinajstić information content (AvgIpc) is 3.10. The van der Waals surface area contributed by atoms with Crippen molar-refractivity contribution in [3.63, 3.8) is 0 Å². The van der Waals surface area contributed by atoms with E-state index in [1.807, 2.05) is 37.3 Å². The predicted molar refractivity (Wildman–Crippen MR) is 125 cm³/mol. The van der Waals surface area contributed by atoms with Crippen molar-refractivity contribution in [1.29, 1.82) is 0 Å². The summed E-state index contributed by atoms with van der Waals surface area (Å²) in [6, 6.07) is 23.6. The van der Waals surface area contributed by atoms with Crippen LogP contribution in [0.15, 0.2) is 84.6 Å². The summed E-state index contributed by atoms with van der Waals surface area (Å²) in [5.74, 6) is 0.603. The number of hydrogen-bond acceptors (Lipinski definition) is 5. The summed E-state index contributed by atoms with van der Waals surface area (Å²) in [6.07, 6.45) is 0. The van der Waals surface area contributed by atoms with E-state index in [1.54, 1.807) is 67.6 Å². The number of likely N-dealkylation sites (N-methyl/N-ethyl adjacent to an activating group) is 1. The van der Waals surface area contributed by atoms with Gasteiger partial charge >= 0.3 is 0 Å². The van der Waals surface area contributed by atoms with Crippen LogP contribution in [-0.4, -0.2) is 32.6 Å². The van der Waals surface area contributed by atoms with E-state index in [0.717, 1.165) is 5.69 Å². The van der Waals surface area contributed by atoms with Gasteiger partial charge in [0.2, 0.25) is 0 Å². The Morgan fingerprint density at radius 1 is 0.812 bits per heavy atom. The first-order chi connectivity index (χ1) is 15.5. The smallest absolute Gasteiger partial charge is 0.282 e. The fourth-order valence-electron chi connectivity index (χ4n) is 3.72. The SMILES string of the molecule is CCOc1ccc(N2C(=O)C(c3ccc(OC)cc3)=C(N(C)c3ccccc3)C2=O)cc1. The molecule has 0 fully saturated rings. The van der Waals surface area contributed by atoms with Crippen LogP contribution in [0.3, 0.4) is 0 Å². The normalized spacial score (nSPS) is 13.5. The van der Waals surface area contributed by atoms with Crippen LogP contribution in [0.1, 0.15) is 12.5 Å². The molecule has 162 valence electrons. The third-order valence-corrected chi connectivity index (χ3v) is 5.32. The second kappa shape index (κ2) is 8.98. The second-order valence-electron chi connectivity index (χ2n) is 7.22. The van der Waals surface area contributed by atoms with E-state index in [4.69, 9.17) is 9.47 Å². The van der Waals surface area contributed by atoms with Crippen LogP contribution < -0.4 is 19.3 Å². The van der Waals surface area contributed by atoms with Crippen molar-refractivity contribution < 1.29 is 19.1 Å². The van der Waals surface area contributed by atoms with Gasteiger partial charge in [-0.3, -0.25) is 9.59 Å². The largest absolute Gasteiger partial charge is 0.497 e. The number of hydrogen-bond donors (Lipinski definition) is 0. The first-order valence-electron chi connectivity index (χ1n) is 10.3. The number of ether oxygens (including phenoxy) is 2. The van der Waals surface area contributed by atoms with E-state index >= 15 is 0 Å². The number of para-hydroxylation sites is 1. The van der Waals surface area contributed by atoms with Crippen LogP contribution in [-0.2, 0) is 9.59 Å². The van der Waals surface area contributed by atoms with Gasteiger partial charge in [0.25, 0.3) is 11.8 Å². The molecule has 1 aliphatic rings. The molecule has 0 spiro atoms. The Balaban J connectivity index is 1.80. The van der Waals surface area contributed by atoms with Crippen molar-refractivity contribution in [3.05, 3.63) is 90.1 Å². The molecule has 0 aliphatic carbocycles. The van der Waals surface area contributed by atoms with Crippen molar-refractivity contribution in [2.75, 3.05) is 30.6 Å². The van der Waals surface area contributed by atoms with Gasteiger partial charge in [0.1, 0.15) is 17.2 Å². The number of benzene rings is 3. The summed E-state index contributed by atoms with van der Waals surface area (Å²) in [4.78, 5) is 30.2. The number of imide groups is 1. The van der Waals surface area contributed by atoms with E-state index in [2.05, 4.69) is 0 Å². The number of nitrogens with zero attached hydrogens (tertiary/aromatic N) is 2. The summed E-state index contributed by atoms with van der Waals surface area (Å²) in [5.41, 5.74) is 2.61. The molecule has 6 nitrogen and oxygen atoms in total. The topological polar surface area (TPSA) is 59.1 Å². The van der Waals surface area contributed by atoms with Crippen LogP contribution >= 0.6 is 0 Å². The van der Waals surface area contributed by atoms with E-state index in [-0.39, 0.29) is 11.8 Å². The van der Waals surface area contributed by atoms with Crippen molar-refractivity contribution in [1.82, 2.24) is 0 Å². The quantitative estimate of drug-likeness (QED) is 0.518. The molecule has 3 aromatic carbocycles. The Labute approximate surface area is 187 Å². The zero-order valence-corrected chi connectivity index (χ0v) is 18.2. The van der Waals surface area contributed by atoms with Crippen LogP contribution in [0.2, 0.25) is 0 Å². The minimum Gasteiger partial charge on any atom is -0.497 e. The molecule has 1 heterocycles. The molecule has 0 aromatic heterocycles. The third kappa shape index (κ3) is 3.83. The molecule has 0 atom stereocenters. The average molecular weight is 428 g/mol. The fourth-order valence-corrected chi connectivity index (χ4v) is 3.72. The van der Waals surface area contributed by atoms with Gasteiger partial charge in [-0.2, -0.15) is 0 Å². The Hall–Kier alpha value is -4.06. The Morgan fingerprint density at radius 3 is 2.03 bits per heavy atom. The van der Waals surface area contributed by atoms with Gasteiger partial charge in [-0.05, 0) is 61.0 Å². The lowest BCUT2D eigenvalue weighted by Gasteiger charge is -2.21.